The number of rotatable bonds is 3. The molecule has 7 heteroatoms. The van der Waals surface area contributed by atoms with E-state index in [1.165, 1.54) is 0 Å². The van der Waals surface area contributed by atoms with Crippen LogP contribution in [0.5, 0.6) is 17.2 Å². The number of fused-ring (bicyclic) bond motifs is 4. The fourth-order valence-electron chi connectivity index (χ4n) is 3.68. The lowest BCUT2D eigenvalue weighted by Gasteiger charge is -2.50. The van der Waals surface area contributed by atoms with Crippen molar-refractivity contribution in [1.29, 1.82) is 0 Å². The van der Waals surface area contributed by atoms with Gasteiger partial charge in [0.1, 0.15) is 17.2 Å². The van der Waals surface area contributed by atoms with E-state index in [2.05, 4.69) is 21.2 Å². The van der Waals surface area contributed by atoms with Gasteiger partial charge in [-0.25, -0.2) is 4.79 Å². The number of anilines is 1. The molecular weight excluding hydrogens is 400 g/mol. The van der Waals surface area contributed by atoms with Crippen molar-refractivity contribution in [3.05, 3.63) is 46.4 Å². The van der Waals surface area contributed by atoms with E-state index in [4.69, 9.17) is 14.2 Å². The average molecular weight is 419 g/mol. The highest BCUT2D eigenvalue weighted by Crippen LogP contribution is 2.48. The molecule has 2 amide bonds. The maximum atomic E-state index is 13.0. The molecule has 0 saturated carbocycles. The Kier molecular flexibility index (Phi) is 3.99. The second-order valence-electron chi connectivity index (χ2n) is 6.54. The highest BCUT2D eigenvalue weighted by atomic mass is 79.9. The van der Waals surface area contributed by atoms with Crippen LogP contribution in [0.3, 0.4) is 0 Å². The first kappa shape index (κ1) is 17.0. The lowest BCUT2D eigenvalue weighted by Crippen LogP contribution is -2.65. The van der Waals surface area contributed by atoms with Crippen molar-refractivity contribution in [2.45, 2.75) is 25.1 Å². The minimum Gasteiger partial charge on any atom is -0.497 e. The Labute approximate surface area is 160 Å². The zero-order chi connectivity index (χ0) is 18.5. The highest BCUT2D eigenvalue weighted by Gasteiger charge is 2.50. The van der Waals surface area contributed by atoms with Crippen molar-refractivity contribution >= 4 is 27.6 Å². The number of carbonyl (C=O) groups excluding carboxylic acids is 1. The van der Waals surface area contributed by atoms with Crippen molar-refractivity contribution in [2.75, 3.05) is 19.1 Å². The van der Waals surface area contributed by atoms with E-state index in [9.17, 15) is 4.79 Å². The number of amides is 2. The summed E-state index contributed by atoms with van der Waals surface area (Å²) in [7, 11) is 3.16. The van der Waals surface area contributed by atoms with E-state index in [0.29, 0.717) is 23.6 Å². The Morgan fingerprint density at radius 1 is 1.23 bits per heavy atom. The molecule has 4 rings (SSSR count). The smallest absolute Gasteiger partial charge is 0.325 e. The molecule has 1 fully saturated rings. The number of hydrogen-bond donors (Lipinski definition) is 1. The molecule has 1 saturated heterocycles. The molecule has 0 aliphatic carbocycles. The molecule has 0 spiro atoms. The highest BCUT2D eigenvalue weighted by molar-refractivity contribution is 9.10. The van der Waals surface area contributed by atoms with Crippen LogP contribution in [0, 0.1) is 0 Å². The summed E-state index contributed by atoms with van der Waals surface area (Å²) in [6.45, 7) is 1.92. The minimum atomic E-state index is -0.824. The predicted molar refractivity (Wildman–Crippen MR) is 101 cm³/mol. The average Bonchev–Trinajstić information content (AvgIpc) is 2.62. The van der Waals surface area contributed by atoms with Gasteiger partial charge in [-0.2, -0.15) is 0 Å². The van der Waals surface area contributed by atoms with Crippen LogP contribution in [-0.4, -0.2) is 26.0 Å². The standard InChI is InChI=1S/C19H19BrN2O4/c1-19-10-14(13-8-11(20)4-7-16(13)26-19)21-18(23)22(19)15-6-5-12(24-2)9-17(15)25-3/h4-9,14H,10H2,1-3H3,(H,21,23)/t14-,19-/m1/s1. The number of benzene rings is 2. The molecule has 2 aliphatic heterocycles. The number of carbonyl (C=O) groups is 1. The maximum absolute atomic E-state index is 13.0. The van der Waals surface area contributed by atoms with Gasteiger partial charge in [0, 0.05) is 22.5 Å². The number of hydrogen-bond acceptors (Lipinski definition) is 4. The molecule has 2 atom stereocenters. The topological polar surface area (TPSA) is 60.0 Å². The van der Waals surface area contributed by atoms with E-state index >= 15 is 0 Å². The number of halogens is 1. The van der Waals surface area contributed by atoms with E-state index in [1.807, 2.05) is 31.2 Å². The lowest BCUT2D eigenvalue weighted by molar-refractivity contribution is 0.0374. The minimum absolute atomic E-state index is 0.103. The van der Waals surface area contributed by atoms with Crippen LogP contribution >= 0.6 is 15.9 Å². The Bertz CT molecular complexity index is 888. The van der Waals surface area contributed by atoms with Crippen LogP contribution in [0.4, 0.5) is 10.5 Å². The SMILES string of the molecule is COc1ccc(N2C(=O)N[C@@H]3C[C@@]2(C)Oc2ccc(Br)cc23)c(OC)c1. The lowest BCUT2D eigenvalue weighted by atomic mass is 9.90. The summed E-state index contributed by atoms with van der Waals surface area (Å²) in [6.07, 6.45) is 0.622. The van der Waals surface area contributed by atoms with Gasteiger partial charge in [-0.1, -0.05) is 15.9 Å². The molecule has 26 heavy (non-hydrogen) atoms. The van der Waals surface area contributed by atoms with Crippen LogP contribution < -0.4 is 24.4 Å². The molecule has 0 unspecified atom stereocenters. The summed E-state index contributed by atoms with van der Waals surface area (Å²) in [5, 5.41) is 3.08. The first-order valence-electron chi connectivity index (χ1n) is 8.26. The molecule has 0 aromatic heterocycles. The Hall–Kier alpha value is -2.41. The van der Waals surface area contributed by atoms with Gasteiger partial charge in [-0.05, 0) is 37.3 Å². The van der Waals surface area contributed by atoms with Gasteiger partial charge in [-0.3, -0.25) is 4.90 Å². The third-order valence-corrected chi connectivity index (χ3v) is 5.35. The van der Waals surface area contributed by atoms with Crippen LogP contribution in [0.1, 0.15) is 24.9 Å². The van der Waals surface area contributed by atoms with Crippen LogP contribution in [0.15, 0.2) is 40.9 Å². The molecule has 2 aliphatic rings. The van der Waals surface area contributed by atoms with E-state index in [-0.39, 0.29) is 12.1 Å². The quantitative estimate of drug-likeness (QED) is 0.809. The van der Waals surface area contributed by atoms with Gasteiger partial charge < -0.3 is 19.5 Å². The molecule has 2 bridgehead atoms. The number of methoxy groups -OCH3 is 2. The first-order chi connectivity index (χ1) is 12.4. The largest absolute Gasteiger partial charge is 0.497 e. The molecular formula is C19H19BrN2O4. The number of nitrogens with zero attached hydrogens (tertiary/aromatic N) is 1. The summed E-state index contributed by atoms with van der Waals surface area (Å²) >= 11 is 3.48. The summed E-state index contributed by atoms with van der Waals surface area (Å²) < 4.78 is 18.0. The summed E-state index contributed by atoms with van der Waals surface area (Å²) in [5.74, 6) is 1.97. The zero-order valence-corrected chi connectivity index (χ0v) is 16.3. The number of ether oxygens (including phenoxy) is 3. The second kappa shape index (κ2) is 6.09. The third-order valence-electron chi connectivity index (χ3n) is 4.86. The van der Waals surface area contributed by atoms with E-state index in [1.54, 1.807) is 31.3 Å². The molecule has 136 valence electrons. The maximum Gasteiger partial charge on any atom is 0.325 e. The predicted octanol–water partition coefficient (Wildman–Crippen LogP) is 4.24. The van der Waals surface area contributed by atoms with Gasteiger partial charge in [0.2, 0.25) is 0 Å². The van der Waals surface area contributed by atoms with Crippen molar-refractivity contribution in [1.82, 2.24) is 5.32 Å². The normalized spacial score (nSPS) is 23.6. The Morgan fingerprint density at radius 2 is 2.04 bits per heavy atom. The number of urea groups is 1. The van der Waals surface area contributed by atoms with E-state index in [0.717, 1.165) is 15.8 Å². The Morgan fingerprint density at radius 3 is 2.77 bits per heavy atom. The van der Waals surface area contributed by atoms with Crippen LogP contribution in [-0.2, 0) is 0 Å². The summed E-state index contributed by atoms with van der Waals surface area (Å²) in [5.41, 5.74) is 0.786. The van der Waals surface area contributed by atoms with E-state index < -0.39 is 5.72 Å². The molecule has 2 aromatic rings. The zero-order valence-electron chi connectivity index (χ0n) is 14.7. The summed E-state index contributed by atoms with van der Waals surface area (Å²) in [6, 6.07) is 10.9. The number of nitrogens with one attached hydrogen (secondary N) is 1. The molecule has 1 N–H and O–H groups in total. The van der Waals surface area contributed by atoms with Crippen molar-refractivity contribution < 1.29 is 19.0 Å². The molecule has 0 radical (unpaired) electrons. The monoisotopic (exact) mass is 418 g/mol. The van der Waals surface area contributed by atoms with Gasteiger partial charge >= 0.3 is 6.03 Å². The van der Waals surface area contributed by atoms with Gasteiger partial charge in [0.05, 0.1) is 25.9 Å². The fourth-order valence-corrected chi connectivity index (χ4v) is 4.06. The summed E-state index contributed by atoms with van der Waals surface area (Å²) in [4.78, 5) is 14.6. The van der Waals surface area contributed by atoms with Crippen LogP contribution in [0.2, 0.25) is 0 Å². The molecule has 6 nitrogen and oxygen atoms in total. The molecule has 2 aromatic carbocycles. The third kappa shape index (κ3) is 2.58. The van der Waals surface area contributed by atoms with Gasteiger partial charge in [0.15, 0.2) is 5.72 Å². The van der Waals surface area contributed by atoms with Gasteiger partial charge in [0.25, 0.3) is 0 Å². The molecule has 2 heterocycles. The van der Waals surface area contributed by atoms with Crippen molar-refractivity contribution in [3.8, 4) is 17.2 Å². The van der Waals surface area contributed by atoms with Crippen molar-refractivity contribution in [3.63, 3.8) is 0 Å². The second-order valence-corrected chi connectivity index (χ2v) is 7.45. The Balaban J connectivity index is 1.80. The van der Waals surface area contributed by atoms with Crippen LogP contribution in [0.25, 0.3) is 0 Å². The van der Waals surface area contributed by atoms with Crippen molar-refractivity contribution in [2.24, 2.45) is 0 Å². The van der Waals surface area contributed by atoms with Gasteiger partial charge in [-0.15, -0.1) is 0 Å². The first-order valence-corrected chi connectivity index (χ1v) is 9.06. The fraction of sp³-hybridized carbons (Fsp3) is 0.316.